The largest absolute Gasteiger partial charge is 0.495 e. The quantitative estimate of drug-likeness (QED) is 0.761. The number of methoxy groups -OCH3 is 1. The van der Waals surface area contributed by atoms with Crippen LogP contribution in [0.3, 0.4) is 0 Å². The first-order valence-electron chi connectivity index (χ1n) is 6.43. The molecule has 1 unspecified atom stereocenters. The van der Waals surface area contributed by atoms with Gasteiger partial charge in [-0.15, -0.1) is 0 Å². The van der Waals surface area contributed by atoms with Gasteiger partial charge in [-0.25, -0.2) is 9.59 Å². The first-order valence-corrected chi connectivity index (χ1v) is 6.43. The van der Waals surface area contributed by atoms with Gasteiger partial charge in [-0.05, 0) is 30.9 Å². The molecule has 1 atom stereocenters. The van der Waals surface area contributed by atoms with E-state index in [2.05, 4.69) is 10.6 Å². The van der Waals surface area contributed by atoms with E-state index in [1.165, 1.54) is 25.3 Å². The second-order valence-electron chi connectivity index (χ2n) is 4.78. The lowest BCUT2D eigenvalue weighted by Gasteiger charge is -2.15. The summed E-state index contributed by atoms with van der Waals surface area (Å²) in [5, 5.41) is 22.8. The highest BCUT2D eigenvalue weighted by atomic mass is 16.5. The summed E-state index contributed by atoms with van der Waals surface area (Å²) in [6, 6.07) is 5.03. The number of ether oxygens (including phenoxy) is 1. The molecule has 0 aliphatic heterocycles. The van der Waals surface area contributed by atoms with Gasteiger partial charge in [-0.2, -0.15) is 5.26 Å². The van der Waals surface area contributed by atoms with Crippen molar-refractivity contribution >= 4 is 17.7 Å². The monoisotopic (exact) mass is 289 g/mol. The molecule has 1 fully saturated rings. The zero-order chi connectivity index (χ0) is 15.4. The van der Waals surface area contributed by atoms with Crippen molar-refractivity contribution in [2.24, 2.45) is 5.92 Å². The van der Waals surface area contributed by atoms with E-state index in [-0.39, 0.29) is 5.92 Å². The number of hydrogen-bond donors (Lipinski definition) is 3. The Morgan fingerprint density at radius 2 is 2.19 bits per heavy atom. The Hall–Kier alpha value is -2.75. The Morgan fingerprint density at radius 3 is 2.71 bits per heavy atom. The van der Waals surface area contributed by atoms with E-state index >= 15 is 0 Å². The SMILES string of the molecule is COc1cc(C#N)ccc1NC(=O)NC(C(=O)O)C1CC1. The van der Waals surface area contributed by atoms with Gasteiger partial charge >= 0.3 is 12.0 Å². The molecular weight excluding hydrogens is 274 g/mol. The summed E-state index contributed by atoms with van der Waals surface area (Å²) < 4.78 is 5.09. The Balaban J connectivity index is 2.05. The molecule has 0 aromatic heterocycles. The number of anilines is 1. The minimum Gasteiger partial charge on any atom is -0.495 e. The van der Waals surface area contributed by atoms with Crippen molar-refractivity contribution in [3.05, 3.63) is 23.8 Å². The zero-order valence-corrected chi connectivity index (χ0v) is 11.4. The van der Waals surface area contributed by atoms with Crippen molar-refractivity contribution in [1.29, 1.82) is 5.26 Å². The van der Waals surface area contributed by atoms with Gasteiger partial charge in [0, 0.05) is 6.07 Å². The molecule has 0 spiro atoms. The van der Waals surface area contributed by atoms with Crippen molar-refractivity contribution in [3.8, 4) is 11.8 Å². The summed E-state index contributed by atoms with van der Waals surface area (Å²) >= 11 is 0. The first-order chi connectivity index (χ1) is 10.0. The highest BCUT2D eigenvalue weighted by Gasteiger charge is 2.37. The third kappa shape index (κ3) is 3.63. The van der Waals surface area contributed by atoms with Gasteiger partial charge in [0.15, 0.2) is 0 Å². The normalized spacial score (nSPS) is 14.7. The van der Waals surface area contributed by atoms with Crippen LogP contribution in [0.4, 0.5) is 10.5 Å². The van der Waals surface area contributed by atoms with Gasteiger partial charge in [0.1, 0.15) is 11.8 Å². The molecule has 1 saturated carbocycles. The fourth-order valence-corrected chi connectivity index (χ4v) is 1.97. The number of rotatable bonds is 5. The van der Waals surface area contributed by atoms with Crippen molar-refractivity contribution in [2.45, 2.75) is 18.9 Å². The summed E-state index contributed by atoms with van der Waals surface area (Å²) in [7, 11) is 1.42. The third-order valence-electron chi connectivity index (χ3n) is 3.22. The summed E-state index contributed by atoms with van der Waals surface area (Å²) in [6.07, 6.45) is 1.61. The molecule has 7 nitrogen and oxygen atoms in total. The third-order valence-corrected chi connectivity index (χ3v) is 3.22. The van der Waals surface area contributed by atoms with Crippen molar-refractivity contribution in [1.82, 2.24) is 5.32 Å². The number of benzene rings is 1. The molecule has 21 heavy (non-hydrogen) atoms. The standard InChI is InChI=1S/C14H15N3O4/c1-21-11-6-8(7-15)2-5-10(11)16-14(20)17-12(13(18)19)9-3-4-9/h2,5-6,9,12H,3-4H2,1H3,(H,18,19)(H2,16,17,20). The molecule has 0 saturated heterocycles. The molecule has 7 heteroatoms. The molecule has 1 aromatic rings. The number of carboxylic acid groups (broad SMARTS) is 1. The van der Waals surface area contributed by atoms with Gasteiger partial charge < -0.3 is 20.5 Å². The van der Waals surface area contributed by atoms with Crippen LogP contribution in [0.1, 0.15) is 18.4 Å². The molecule has 0 radical (unpaired) electrons. The Morgan fingerprint density at radius 1 is 1.48 bits per heavy atom. The second-order valence-corrected chi connectivity index (χ2v) is 4.78. The summed E-state index contributed by atoms with van der Waals surface area (Å²) in [4.78, 5) is 22.9. The lowest BCUT2D eigenvalue weighted by molar-refractivity contribution is -0.139. The maximum atomic E-state index is 11.9. The highest BCUT2D eigenvalue weighted by Crippen LogP contribution is 2.33. The molecule has 0 heterocycles. The van der Waals surface area contributed by atoms with Crippen LogP contribution in [0.25, 0.3) is 0 Å². The number of nitrogens with one attached hydrogen (secondary N) is 2. The fourth-order valence-electron chi connectivity index (χ4n) is 1.97. The van der Waals surface area contributed by atoms with Gasteiger partial charge in [-0.3, -0.25) is 0 Å². The highest BCUT2D eigenvalue weighted by molar-refractivity contribution is 5.93. The molecule has 1 aliphatic rings. The minimum absolute atomic E-state index is 0.00360. The maximum Gasteiger partial charge on any atom is 0.326 e. The van der Waals surface area contributed by atoms with Gasteiger partial charge in [0.2, 0.25) is 0 Å². The number of aliphatic carboxylic acids is 1. The van der Waals surface area contributed by atoms with Crippen LogP contribution in [0.2, 0.25) is 0 Å². The smallest absolute Gasteiger partial charge is 0.326 e. The first kappa shape index (κ1) is 14.7. The molecule has 3 N–H and O–H groups in total. The maximum absolute atomic E-state index is 11.9. The van der Waals surface area contributed by atoms with Crippen LogP contribution >= 0.6 is 0 Å². The summed E-state index contributed by atoms with van der Waals surface area (Å²) in [5.41, 5.74) is 0.771. The van der Waals surface area contributed by atoms with Crippen LogP contribution in [0, 0.1) is 17.2 Å². The van der Waals surface area contributed by atoms with E-state index in [9.17, 15) is 9.59 Å². The number of hydrogen-bond acceptors (Lipinski definition) is 4. The number of nitrogens with zero attached hydrogens (tertiary/aromatic N) is 1. The van der Waals surface area contributed by atoms with Gasteiger partial charge in [0.25, 0.3) is 0 Å². The van der Waals surface area contributed by atoms with Crippen molar-refractivity contribution in [2.75, 3.05) is 12.4 Å². The molecule has 1 aliphatic carbocycles. The van der Waals surface area contributed by atoms with Crippen LogP contribution in [0.5, 0.6) is 5.75 Å². The fraction of sp³-hybridized carbons (Fsp3) is 0.357. The van der Waals surface area contributed by atoms with Crippen LogP contribution in [-0.2, 0) is 4.79 Å². The number of urea groups is 1. The van der Waals surface area contributed by atoms with Gasteiger partial charge in [0.05, 0.1) is 24.4 Å². The second kappa shape index (κ2) is 6.13. The molecule has 0 bridgehead atoms. The van der Waals surface area contributed by atoms with E-state index < -0.39 is 18.0 Å². The topological polar surface area (TPSA) is 111 Å². The number of carboxylic acids is 1. The average molecular weight is 289 g/mol. The van der Waals surface area contributed by atoms with Crippen LogP contribution in [0.15, 0.2) is 18.2 Å². The van der Waals surface area contributed by atoms with Crippen molar-refractivity contribution < 1.29 is 19.4 Å². The number of carbonyl (C=O) groups is 2. The molecule has 1 aromatic carbocycles. The predicted molar refractivity (Wildman–Crippen MR) is 74.0 cm³/mol. The van der Waals surface area contributed by atoms with Gasteiger partial charge in [-0.1, -0.05) is 0 Å². The summed E-state index contributed by atoms with van der Waals surface area (Å²) in [6.45, 7) is 0. The van der Waals surface area contributed by atoms with Crippen molar-refractivity contribution in [3.63, 3.8) is 0 Å². The lowest BCUT2D eigenvalue weighted by Crippen LogP contribution is -2.44. The molecule has 110 valence electrons. The van der Waals surface area contributed by atoms with E-state index in [1.54, 1.807) is 0 Å². The Kier molecular flexibility index (Phi) is 4.28. The van der Waals surface area contributed by atoms with Crippen LogP contribution < -0.4 is 15.4 Å². The molecule has 2 amide bonds. The number of amides is 2. The number of nitriles is 1. The molecular formula is C14H15N3O4. The average Bonchev–Trinajstić information content (AvgIpc) is 3.29. The van der Waals surface area contributed by atoms with E-state index in [0.717, 1.165) is 12.8 Å². The number of carbonyl (C=O) groups excluding carboxylic acids is 1. The zero-order valence-electron chi connectivity index (χ0n) is 11.4. The Labute approximate surface area is 121 Å². The van der Waals surface area contributed by atoms with Crippen LogP contribution in [-0.4, -0.2) is 30.3 Å². The van der Waals surface area contributed by atoms with E-state index in [0.29, 0.717) is 17.0 Å². The summed E-state index contributed by atoms with van der Waals surface area (Å²) in [5.74, 6) is -0.710. The lowest BCUT2D eigenvalue weighted by atomic mass is 10.2. The molecule has 2 rings (SSSR count). The minimum atomic E-state index is -1.04. The predicted octanol–water partition coefficient (Wildman–Crippen LogP) is 1.55. The van der Waals surface area contributed by atoms with E-state index in [1.807, 2.05) is 6.07 Å². The van der Waals surface area contributed by atoms with E-state index in [4.69, 9.17) is 15.1 Å². The Bertz CT molecular complexity index is 605.